The maximum absolute atomic E-state index is 13.0. The number of carbonyl (C=O) groups excluding carboxylic acids is 2. The third kappa shape index (κ3) is 5.56. The third-order valence-electron chi connectivity index (χ3n) is 4.92. The predicted octanol–water partition coefficient (Wildman–Crippen LogP) is 2.69. The molecule has 0 saturated carbocycles. The summed E-state index contributed by atoms with van der Waals surface area (Å²) >= 11 is 0. The van der Waals surface area contributed by atoms with E-state index < -0.39 is 6.04 Å². The average molecular weight is 360 g/mol. The highest BCUT2D eigenvalue weighted by Gasteiger charge is 2.29. The lowest BCUT2D eigenvalue weighted by atomic mass is 10.0. The van der Waals surface area contributed by atoms with Gasteiger partial charge in [-0.15, -0.1) is 0 Å². The summed E-state index contributed by atoms with van der Waals surface area (Å²) in [6, 6.07) is 7.04. The minimum absolute atomic E-state index is 0.0526. The Kier molecular flexibility index (Phi) is 7.64. The molecule has 0 aromatic heterocycles. The highest BCUT2D eigenvalue weighted by atomic mass is 16.2. The number of piperazine rings is 1. The van der Waals surface area contributed by atoms with Gasteiger partial charge in [0, 0.05) is 31.7 Å². The van der Waals surface area contributed by atoms with Gasteiger partial charge in [-0.1, -0.05) is 39.0 Å². The van der Waals surface area contributed by atoms with Crippen LogP contribution in [-0.4, -0.2) is 60.4 Å². The van der Waals surface area contributed by atoms with Crippen LogP contribution in [0.25, 0.3) is 0 Å². The van der Waals surface area contributed by atoms with Crippen molar-refractivity contribution >= 4 is 11.8 Å². The molecule has 0 spiro atoms. The monoisotopic (exact) mass is 359 g/mol. The van der Waals surface area contributed by atoms with E-state index in [9.17, 15) is 9.59 Å². The van der Waals surface area contributed by atoms with Crippen LogP contribution in [0.4, 0.5) is 0 Å². The Hall–Kier alpha value is -1.88. The zero-order valence-corrected chi connectivity index (χ0v) is 16.6. The van der Waals surface area contributed by atoms with Crippen molar-refractivity contribution in [3.8, 4) is 0 Å². The molecular formula is C21H33N3O2. The number of amides is 2. The average Bonchev–Trinajstić information content (AvgIpc) is 2.61. The van der Waals surface area contributed by atoms with Gasteiger partial charge < -0.3 is 10.2 Å². The van der Waals surface area contributed by atoms with Crippen LogP contribution in [0.15, 0.2) is 24.3 Å². The van der Waals surface area contributed by atoms with Crippen LogP contribution < -0.4 is 5.32 Å². The number of hydrogen-bond acceptors (Lipinski definition) is 3. The molecule has 1 atom stereocenters. The zero-order chi connectivity index (χ0) is 19.1. The molecule has 1 aromatic carbocycles. The number of benzene rings is 1. The second-order valence-corrected chi connectivity index (χ2v) is 7.64. The summed E-state index contributed by atoms with van der Waals surface area (Å²) < 4.78 is 0. The fourth-order valence-electron chi connectivity index (χ4n) is 3.49. The molecule has 26 heavy (non-hydrogen) atoms. The minimum atomic E-state index is -0.458. The Bertz CT molecular complexity index is 607. The summed E-state index contributed by atoms with van der Waals surface area (Å²) in [5.41, 5.74) is 1.57. The summed E-state index contributed by atoms with van der Waals surface area (Å²) in [6.07, 6.45) is 1.79. The lowest BCUT2D eigenvalue weighted by Gasteiger charge is -2.36. The molecule has 1 aromatic rings. The van der Waals surface area contributed by atoms with Crippen LogP contribution >= 0.6 is 0 Å². The molecule has 2 rings (SSSR count). The van der Waals surface area contributed by atoms with Crippen molar-refractivity contribution < 1.29 is 9.59 Å². The largest absolute Gasteiger partial charge is 0.340 e. The van der Waals surface area contributed by atoms with Gasteiger partial charge in [0.15, 0.2) is 0 Å². The normalized spacial score (nSPS) is 16.6. The first-order chi connectivity index (χ1) is 12.4. The van der Waals surface area contributed by atoms with Gasteiger partial charge in [0.1, 0.15) is 6.04 Å². The highest BCUT2D eigenvalue weighted by Crippen LogP contribution is 2.13. The number of carbonyl (C=O) groups is 2. The van der Waals surface area contributed by atoms with Crippen molar-refractivity contribution in [2.75, 3.05) is 32.7 Å². The van der Waals surface area contributed by atoms with Crippen LogP contribution in [-0.2, 0) is 4.79 Å². The highest BCUT2D eigenvalue weighted by molar-refractivity contribution is 5.98. The Morgan fingerprint density at radius 1 is 1.12 bits per heavy atom. The SMILES string of the molecule is CCCN1CCN(C(=O)[C@@H](CC(C)C)NC(=O)c2ccccc2C)CC1. The van der Waals surface area contributed by atoms with Crippen LogP contribution in [0.1, 0.15) is 49.5 Å². The van der Waals surface area contributed by atoms with E-state index in [1.54, 1.807) is 0 Å². The molecule has 1 saturated heterocycles. The molecule has 5 nitrogen and oxygen atoms in total. The maximum Gasteiger partial charge on any atom is 0.252 e. The van der Waals surface area contributed by atoms with E-state index in [1.807, 2.05) is 36.1 Å². The summed E-state index contributed by atoms with van der Waals surface area (Å²) in [5.74, 6) is 0.228. The molecule has 2 amide bonds. The summed E-state index contributed by atoms with van der Waals surface area (Å²) in [6.45, 7) is 12.7. The van der Waals surface area contributed by atoms with Gasteiger partial charge in [0.25, 0.3) is 5.91 Å². The molecule has 5 heteroatoms. The van der Waals surface area contributed by atoms with E-state index >= 15 is 0 Å². The number of nitrogens with one attached hydrogen (secondary N) is 1. The predicted molar refractivity (Wildman–Crippen MR) is 105 cm³/mol. The molecule has 1 heterocycles. The quantitative estimate of drug-likeness (QED) is 0.814. The van der Waals surface area contributed by atoms with E-state index in [-0.39, 0.29) is 11.8 Å². The van der Waals surface area contributed by atoms with Crippen molar-refractivity contribution in [3.05, 3.63) is 35.4 Å². The lowest BCUT2D eigenvalue weighted by Crippen LogP contribution is -2.55. The Morgan fingerprint density at radius 2 is 1.77 bits per heavy atom. The van der Waals surface area contributed by atoms with Gasteiger partial charge in [-0.3, -0.25) is 14.5 Å². The molecular weight excluding hydrogens is 326 g/mol. The first-order valence-electron chi connectivity index (χ1n) is 9.80. The summed E-state index contributed by atoms with van der Waals surface area (Å²) in [7, 11) is 0. The minimum Gasteiger partial charge on any atom is -0.340 e. The van der Waals surface area contributed by atoms with Gasteiger partial charge >= 0.3 is 0 Å². The van der Waals surface area contributed by atoms with Crippen LogP contribution in [0.3, 0.4) is 0 Å². The van der Waals surface area contributed by atoms with E-state index in [2.05, 4.69) is 31.0 Å². The van der Waals surface area contributed by atoms with Crippen molar-refractivity contribution in [2.24, 2.45) is 5.92 Å². The zero-order valence-electron chi connectivity index (χ0n) is 16.6. The second-order valence-electron chi connectivity index (χ2n) is 7.64. The van der Waals surface area contributed by atoms with E-state index in [0.29, 0.717) is 17.9 Å². The molecule has 0 aliphatic carbocycles. The van der Waals surface area contributed by atoms with Crippen LogP contribution in [0.2, 0.25) is 0 Å². The van der Waals surface area contributed by atoms with E-state index in [4.69, 9.17) is 0 Å². The van der Waals surface area contributed by atoms with Crippen molar-refractivity contribution in [3.63, 3.8) is 0 Å². The van der Waals surface area contributed by atoms with Gasteiger partial charge in [-0.2, -0.15) is 0 Å². The smallest absolute Gasteiger partial charge is 0.252 e. The molecule has 1 fully saturated rings. The Balaban J connectivity index is 2.03. The molecule has 0 unspecified atom stereocenters. The van der Waals surface area contributed by atoms with Gasteiger partial charge in [-0.25, -0.2) is 0 Å². The standard InChI is InChI=1S/C21H33N3O2/c1-5-10-23-11-13-24(14-12-23)21(26)19(15-16(2)3)22-20(25)18-9-7-6-8-17(18)4/h6-9,16,19H,5,10-15H2,1-4H3,(H,22,25)/t19-/m1/s1. The first-order valence-corrected chi connectivity index (χ1v) is 9.80. The number of nitrogens with zero attached hydrogens (tertiary/aromatic N) is 2. The number of aryl methyl sites for hydroxylation is 1. The molecule has 0 bridgehead atoms. The summed E-state index contributed by atoms with van der Waals surface area (Å²) in [4.78, 5) is 30.0. The van der Waals surface area contributed by atoms with Crippen LogP contribution in [0.5, 0.6) is 0 Å². The number of hydrogen-bond donors (Lipinski definition) is 1. The first kappa shape index (κ1) is 20.4. The molecule has 1 N–H and O–H groups in total. The Morgan fingerprint density at radius 3 is 2.35 bits per heavy atom. The molecule has 0 radical (unpaired) electrons. The van der Waals surface area contributed by atoms with Crippen LogP contribution in [0, 0.1) is 12.8 Å². The van der Waals surface area contributed by atoms with Gasteiger partial charge in [0.2, 0.25) is 5.91 Å². The third-order valence-corrected chi connectivity index (χ3v) is 4.92. The maximum atomic E-state index is 13.0. The van der Waals surface area contributed by atoms with Crippen molar-refractivity contribution in [1.82, 2.24) is 15.1 Å². The van der Waals surface area contributed by atoms with Crippen molar-refractivity contribution in [2.45, 2.75) is 46.6 Å². The summed E-state index contributed by atoms with van der Waals surface area (Å²) in [5, 5.41) is 3.00. The number of rotatable bonds is 7. The van der Waals surface area contributed by atoms with E-state index in [0.717, 1.165) is 44.7 Å². The topological polar surface area (TPSA) is 52.6 Å². The fraction of sp³-hybridized carbons (Fsp3) is 0.619. The van der Waals surface area contributed by atoms with Gasteiger partial charge in [-0.05, 0) is 43.9 Å². The Labute approximate surface area is 157 Å². The van der Waals surface area contributed by atoms with Gasteiger partial charge in [0.05, 0.1) is 0 Å². The van der Waals surface area contributed by atoms with Crippen molar-refractivity contribution in [1.29, 1.82) is 0 Å². The molecule has 1 aliphatic rings. The second kappa shape index (κ2) is 9.72. The van der Waals surface area contributed by atoms with E-state index in [1.165, 1.54) is 0 Å². The fourth-order valence-corrected chi connectivity index (χ4v) is 3.49. The lowest BCUT2D eigenvalue weighted by molar-refractivity contribution is -0.135. The molecule has 1 aliphatic heterocycles. The molecule has 144 valence electrons.